The molecule has 1 N–H and O–H groups in total. The molecule has 3 amide bonds. The number of benzene rings is 2. The van der Waals surface area contributed by atoms with Crippen molar-refractivity contribution < 1.29 is 23.7 Å². The first-order chi connectivity index (χ1) is 16.2. The third-order valence-corrected chi connectivity index (χ3v) is 6.05. The second-order valence-electron chi connectivity index (χ2n) is 7.28. The minimum atomic E-state index is -0.610. The van der Waals surface area contributed by atoms with E-state index in [1.807, 2.05) is 0 Å². The number of hydrogen-bond donors (Lipinski definition) is 1. The molecule has 0 spiro atoms. The maximum absolute atomic E-state index is 12.7. The van der Waals surface area contributed by atoms with Crippen LogP contribution in [0.4, 0.5) is 16.2 Å². The number of nitrogens with zero attached hydrogens (tertiary/aromatic N) is 2. The van der Waals surface area contributed by atoms with Crippen LogP contribution in [0.25, 0.3) is 17.4 Å². The second-order valence-corrected chi connectivity index (χ2v) is 8.71. The molecule has 0 unspecified atom stereocenters. The Balaban J connectivity index is 1.45. The van der Waals surface area contributed by atoms with Gasteiger partial charge in [-0.2, -0.15) is 0 Å². The molecular formula is C23H16ClN3O6S. The molecule has 11 heteroatoms. The molecule has 9 nitrogen and oxygen atoms in total. The molecule has 0 radical (unpaired) electrons. The van der Waals surface area contributed by atoms with Gasteiger partial charge in [-0.05, 0) is 60.6 Å². The highest BCUT2D eigenvalue weighted by atomic mass is 35.5. The number of amides is 3. The molecule has 0 aliphatic carbocycles. The highest BCUT2D eigenvalue weighted by Gasteiger charge is 2.36. The first-order valence-electron chi connectivity index (χ1n) is 9.87. The quantitative estimate of drug-likeness (QED) is 0.271. The van der Waals surface area contributed by atoms with Crippen molar-refractivity contribution in [2.24, 2.45) is 0 Å². The smallest absolute Gasteiger partial charge is 0.294 e. The van der Waals surface area contributed by atoms with Crippen LogP contribution in [0.2, 0.25) is 5.02 Å². The average molecular weight is 498 g/mol. The molecule has 3 aromatic rings. The zero-order chi connectivity index (χ0) is 24.4. The number of anilines is 1. The van der Waals surface area contributed by atoms with Crippen molar-refractivity contribution in [1.29, 1.82) is 0 Å². The Morgan fingerprint density at radius 3 is 2.62 bits per heavy atom. The van der Waals surface area contributed by atoms with Crippen LogP contribution in [0.5, 0.6) is 0 Å². The van der Waals surface area contributed by atoms with Crippen LogP contribution in [0.1, 0.15) is 11.3 Å². The third kappa shape index (κ3) is 5.03. The molecular weight excluding hydrogens is 482 g/mol. The van der Waals surface area contributed by atoms with Gasteiger partial charge in [-0.15, -0.1) is 0 Å². The number of nitro benzene ring substituents is 1. The molecule has 0 atom stereocenters. The summed E-state index contributed by atoms with van der Waals surface area (Å²) < 4.78 is 5.70. The van der Waals surface area contributed by atoms with Crippen molar-refractivity contribution in [3.63, 3.8) is 0 Å². The largest absolute Gasteiger partial charge is 0.457 e. The summed E-state index contributed by atoms with van der Waals surface area (Å²) >= 11 is 6.66. The van der Waals surface area contributed by atoms with Crippen molar-refractivity contribution in [2.75, 3.05) is 11.9 Å². The monoisotopic (exact) mass is 497 g/mol. The number of aryl methyl sites for hydroxylation is 1. The molecule has 172 valence electrons. The highest BCUT2D eigenvalue weighted by Crippen LogP contribution is 2.33. The summed E-state index contributed by atoms with van der Waals surface area (Å²) in [6.07, 6.45) is 1.42. The maximum Gasteiger partial charge on any atom is 0.294 e. The summed E-state index contributed by atoms with van der Waals surface area (Å²) in [6, 6.07) is 14.1. The summed E-state index contributed by atoms with van der Waals surface area (Å²) in [5.41, 5.74) is 1.85. The van der Waals surface area contributed by atoms with Crippen LogP contribution in [0.15, 0.2) is 63.9 Å². The van der Waals surface area contributed by atoms with Gasteiger partial charge in [0.2, 0.25) is 5.91 Å². The molecule has 1 aliphatic heterocycles. The molecule has 0 bridgehead atoms. The van der Waals surface area contributed by atoms with Crippen molar-refractivity contribution in [1.82, 2.24) is 4.90 Å². The minimum Gasteiger partial charge on any atom is -0.457 e. The van der Waals surface area contributed by atoms with Gasteiger partial charge in [0.15, 0.2) is 0 Å². The predicted octanol–water partition coefficient (Wildman–Crippen LogP) is 5.49. The van der Waals surface area contributed by atoms with Crippen LogP contribution >= 0.6 is 23.4 Å². The number of hydrogen-bond acceptors (Lipinski definition) is 7. The predicted molar refractivity (Wildman–Crippen MR) is 128 cm³/mol. The second kappa shape index (κ2) is 9.54. The molecule has 1 saturated heterocycles. The topological polar surface area (TPSA) is 123 Å². The zero-order valence-corrected chi connectivity index (χ0v) is 19.2. The molecule has 1 aromatic heterocycles. The van der Waals surface area contributed by atoms with Gasteiger partial charge in [-0.3, -0.25) is 29.4 Å². The van der Waals surface area contributed by atoms with Crippen LogP contribution in [-0.4, -0.2) is 33.4 Å². The van der Waals surface area contributed by atoms with Crippen LogP contribution in [0.3, 0.4) is 0 Å². The minimum absolute atomic E-state index is 0.0428. The fourth-order valence-corrected chi connectivity index (χ4v) is 4.15. The maximum atomic E-state index is 12.7. The number of non-ortho nitro benzene ring substituents is 1. The number of carbonyl (C=O) groups excluding carboxylic acids is 3. The first kappa shape index (κ1) is 23.3. The number of halogens is 1. The van der Waals surface area contributed by atoms with Gasteiger partial charge in [-0.25, -0.2) is 0 Å². The fraction of sp³-hybridized carbons (Fsp3) is 0.0870. The van der Waals surface area contributed by atoms with E-state index in [-0.39, 0.29) is 10.6 Å². The van der Waals surface area contributed by atoms with Gasteiger partial charge in [0, 0.05) is 34.5 Å². The van der Waals surface area contributed by atoms with Crippen molar-refractivity contribution in [2.45, 2.75) is 6.92 Å². The lowest BCUT2D eigenvalue weighted by Gasteiger charge is -2.13. The van der Waals surface area contributed by atoms with Crippen molar-refractivity contribution in [3.05, 3.63) is 86.0 Å². The van der Waals surface area contributed by atoms with E-state index in [4.69, 9.17) is 16.0 Å². The molecule has 0 saturated carbocycles. The van der Waals surface area contributed by atoms with E-state index in [2.05, 4.69) is 5.32 Å². The molecule has 34 heavy (non-hydrogen) atoms. The first-order valence-corrected chi connectivity index (χ1v) is 11.1. The van der Waals surface area contributed by atoms with E-state index in [1.165, 1.54) is 18.2 Å². The molecule has 1 fully saturated rings. The van der Waals surface area contributed by atoms with E-state index < -0.39 is 28.5 Å². The Bertz CT molecular complexity index is 1350. The van der Waals surface area contributed by atoms with Gasteiger partial charge >= 0.3 is 0 Å². The van der Waals surface area contributed by atoms with Crippen molar-refractivity contribution >= 4 is 57.9 Å². The van der Waals surface area contributed by atoms with Crippen LogP contribution in [-0.2, 0) is 9.59 Å². The molecule has 1 aliphatic rings. The number of nitrogens with one attached hydrogen (secondary N) is 1. The summed E-state index contributed by atoms with van der Waals surface area (Å²) in [5, 5.41) is 13.3. The number of imide groups is 1. The summed E-state index contributed by atoms with van der Waals surface area (Å²) in [4.78, 5) is 48.8. The Labute approximate surface area is 202 Å². The van der Waals surface area contributed by atoms with Gasteiger partial charge < -0.3 is 9.73 Å². The Hall–Kier alpha value is -3.89. The normalized spacial score (nSPS) is 14.6. The number of rotatable bonds is 6. The standard InChI is InChI=1S/C23H16ClN3O6S/c1-13-2-5-15(24)10-18(13)25-21(28)12-26-22(29)20(34-23(26)30)11-17-8-9-19(33-17)14-3-6-16(7-4-14)27(31)32/h2-11H,12H2,1H3,(H,25,28)/b20-11+. The lowest BCUT2D eigenvalue weighted by molar-refractivity contribution is -0.384. The summed E-state index contributed by atoms with van der Waals surface area (Å²) in [6.45, 7) is 1.35. The Morgan fingerprint density at radius 1 is 1.18 bits per heavy atom. The number of nitro groups is 1. The van der Waals surface area contributed by atoms with E-state index in [0.29, 0.717) is 39.6 Å². The van der Waals surface area contributed by atoms with Gasteiger partial charge in [0.05, 0.1) is 9.83 Å². The molecule has 4 rings (SSSR count). The highest BCUT2D eigenvalue weighted by molar-refractivity contribution is 8.18. The van der Waals surface area contributed by atoms with E-state index in [9.17, 15) is 24.5 Å². The zero-order valence-electron chi connectivity index (χ0n) is 17.6. The Morgan fingerprint density at radius 2 is 1.91 bits per heavy atom. The van der Waals surface area contributed by atoms with Crippen LogP contribution in [0, 0.1) is 17.0 Å². The van der Waals surface area contributed by atoms with E-state index in [1.54, 1.807) is 49.4 Å². The van der Waals surface area contributed by atoms with Gasteiger partial charge in [-0.1, -0.05) is 17.7 Å². The van der Waals surface area contributed by atoms with E-state index >= 15 is 0 Å². The number of thioether (sulfide) groups is 1. The lowest BCUT2D eigenvalue weighted by Crippen LogP contribution is -2.36. The number of furan rings is 1. The SMILES string of the molecule is Cc1ccc(Cl)cc1NC(=O)CN1C(=O)S/C(=C/c2ccc(-c3ccc([N+](=O)[O-])cc3)o2)C1=O. The van der Waals surface area contributed by atoms with Crippen LogP contribution < -0.4 is 5.32 Å². The molecule has 2 aromatic carbocycles. The summed E-state index contributed by atoms with van der Waals surface area (Å²) in [5.74, 6) is -0.386. The lowest BCUT2D eigenvalue weighted by atomic mass is 10.1. The summed E-state index contributed by atoms with van der Waals surface area (Å²) in [7, 11) is 0. The van der Waals surface area contributed by atoms with Crippen molar-refractivity contribution in [3.8, 4) is 11.3 Å². The third-order valence-electron chi connectivity index (χ3n) is 4.91. The van der Waals surface area contributed by atoms with Gasteiger partial charge in [0.25, 0.3) is 16.8 Å². The van der Waals surface area contributed by atoms with E-state index in [0.717, 1.165) is 10.5 Å². The fourth-order valence-electron chi connectivity index (χ4n) is 3.16. The van der Waals surface area contributed by atoms with Gasteiger partial charge in [0.1, 0.15) is 18.1 Å². The number of carbonyl (C=O) groups is 3. The molecule has 2 heterocycles. The average Bonchev–Trinajstić information content (AvgIpc) is 3.37. The Kier molecular flexibility index (Phi) is 6.53.